The Kier molecular flexibility index (Phi) is 11.5. The van der Waals surface area contributed by atoms with Crippen molar-refractivity contribution < 1.29 is 33.9 Å². The minimum absolute atomic E-state index is 0.0610. The first-order chi connectivity index (χ1) is 23.8. The zero-order valence-corrected chi connectivity index (χ0v) is 29.3. The number of Topliss-reactive ketones (excluding diaryl/α,β-unsaturated/α-hetero) is 1. The number of amides is 1. The number of aryl methyl sites for hydroxylation is 1. The number of aliphatic hydroxyl groups is 2. The predicted octanol–water partition coefficient (Wildman–Crippen LogP) is 4.73. The van der Waals surface area contributed by atoms with Crippen LogP contribution in [-0.4, -0.2) is 79.8 Å². The Bertz CT molecular complexity index is 1930. The summed E-state index contributed by atoms with van der Waals surface area (Å²) < 4.78 is 11.1. The second-order valence-corrected chi connectivity index (χ2v) is 13.8. The van der Waals surface area contributed by atoms with Gasteiger partial charge in [0.05, 0.1) is 6.10 Å². The molecule has 0 aliphatic heterocycles. The number of nitrogens with zero attached hydrogens (tertiary/aromatic N) is 3. The number of hydrogen-bond donors (Lipinski definition) is 5. The highest BCUT2D eigenvalue weighted by molar-refractivity contribution is 5.93. The molecule has 3 heterocycles. The number of para-hydroxylation sites is 2. The third-order valence-electron chi connectivity index (χ3n) is 8.69. The summed E-state index contributed by atoms with van der Waals surface area (Å²) in [5, 5.41) is 33.9. The highest BCUT2D eigenvalue weighted by atomic mass is 16.6. The maximum absolute atomic E-state index is 14.2. The minimum Gasteiger partial charge on any atom is -0.390 e. The molecule has 0 aliphatic rings. The van der Waals surface area contributed by atoms with E-state index in [9.17, 15) is 19.8 Å². The van der Waals surface area contributed by atoms with Crippen LogP contribution in [0.3, 0.4) is 0 Å². The fourth-order valence-corrected chi connectivity index (χ4v) is 6.22. The van der Waals surface area contributed by atoms with E-state index in [0.717, 1.165) is 32.9 Å². The molecule has 5 N–H and O–H groups in total. The Labute approximate surface area is 290 Å². The van der Waals surface area contributed by atoms with Gasteiger partial charge in [0.2, 0.25) is 11.8 Å². The highest BCUT2D eigenvalue weighted by Gasteiger charge is 2.36. The van der Waals surface area contributed by atoms with E-state index in [1.54, 1.807) is 6.92 Å². The third-order valence-corrected chi connectivity index (χ3v) is 8.69. The van der Waals surface area contributed by atoms with Crippen molar-refractivity contribution in [2.45, 2.75) is 78.2 Å². The van der Waals surface area contributed by atoms with E-state index >= 15 is 0 Å². The lowest BCUT2D eigenvalue weighted by Crippen LogP contribution is -2.46. The second kappa shape index (κ2) is 15.8. The molecule has 266 valence electrons. The summed E-state index contributed by atoms with van der Waals surface area (Å²) in [7, 11) is 1.47. The molecule has 0 saturated carbocycles. The summed E-state index contributed by atoms with van der Waals surface area (Å²) in [6.45, 7) is 8.36. The van der Waals surface area contributed by atoms with Gasteiger partial charge in [-0.3, -0.25) is 9.59 Å². The molecule has 5 rings (SSSR count). The number of carbonyl (C=O) groups excluding carboxylic acids is 2. The number of benzene rings is 2. The van der Waals surface area contributed by atoms with Gasteiger partial charge in [0.15, 0.2) is 18.2 Å². The third kappa shape index (κ3) is 8.65. The van der Waals surface area contributed by atoms with Crippen LogP contribution in [0.4, 0.5) is 0 Å². The van der Waals surface area contributed by atoms with Gasteiger partial charge in [-0.15, -0.1) is 0 Å². The van der Waals surface area contributed by atoms with Crippen LogP contribution in [0.5, 0.6) is 0 Å². The molecule has 0 aliphatic carbocycles. The van der Waals surface area contributed by atoms with Crippen LogP contribution in [0.25, 0.3) is 21.8 Å². The lowest BCUT2D eigenvalue weighted by molar-refractivity contribution is -0.132. The van der Waals surface area contributed by atoms with E-state index in [1.807, 2.05) is 81.7 Å². The van der Waals surface area contributed by atoms with E-state index < -0.39 is 42.3 Å². The number of hydrogen-bond acceptors (Lipinski definition) is 10. The monoisotopic (exact) mass is 686 g/mol. The summed E-state index contributed by atoms with van der Waals surface area (Å²) in [6, 6.07) is 15.0. The molecule has 5 atom stereocenters. The minimum atomic E-state index is -1.38. The fraction of sp³-hybridized carbons (Fsp3) is 0.432. The van der Waals surface area contributed by atoms with Gasteiger partial charge in [0.1, 0.15) is 24.0 Å². The number of aliphatic hydroxyl groups excluding tert-OH is 2. The number of rotatable bonds is 16. The van der Waals surface area contributed by atoms with E-state index in [0.29, 0.717) is 12.2 Å². The molecule has 1 amide bonds. The van der Waals surface area contributed by atoms with E-state index in [2.05, 4.69) is 30.6 Å². The van der Waals surface area contributed by atoms with E-state index in [-0.39, 0.29) is 36.1 Å². The van der Waals surface area contributed by atoms with Crippen molar-refractivity contribution in [2.75, 3.05) is 13.7 Å². The SMILES string of the molecule is CO[C@H](/C(=N/OCC(=O)C[C@@H](Cc1c[nH]c2ccccc12)C(=O)N[C@@H](Cc1c[nH]c2ccccc12)c1nc(C)no1)[C@@H](O)[C@@H](C)O)C(C)(C)C. The Morgan fingerprint density at radius 3 is 2.12 bits per heavy atom. The average Bonchev–Trinajstić information content (AvgIpc) is 3.81. The predicted molar refractivity (Wildman–Crippen MR) is 188 cm³/mol. The van der Waals surface area contributed by atoms with Gasteiger partial charge >= 0.3 is 0 Å². The van der Waals surface area contributed by atoms with E-state index in [4.69, 9.17) is 14.1 Å². The first-order valence-corrected chi connectivity index (χ1v) is 16.7. The van der Waals surface area contributed by atoms with Crippen molar-refractivity contribution in [3.63, 3.8) is 0 Å². The summed E-state index contributed by atoms with van der Waals surface area (Å²) in [5.74, 6) is -0.862. The maximum Gasteiger partial charge on any atom is 0.249 e. The number of fused-ring (bicyclic) bond motifs is 2. The van der Waals surface area contributed by atoms with Crippen LogP contribution < -0.4 is 5.32 Å². The number of H-pyrrole nitrogens is 2. The summed E-state index contributed by atoms with van der Waals surface area (Å²) in [5.41, 5.74) is 3.27. The number of ketones is 1. The maximum atomic E-state index is 14.2. The molecule has 5 aromatic rings. The quantitative estimate of drug-likeness (QED) is 0.0722. The lowest BCUT2D eigenvalue weighted by Gasteiger charge is -2.32. The normalized spacial score (nSPS) is 15.5. The molecule has 0 spiro atoms. The molecule has 13 heteroatoms. The van der Waals surface area contributed by atoms with Crippen molar-refractivity contribution in [1.82, 2.24) is 25.4 Å². The molecule has 13 nitrogen and oxygen atoms in total. The number of ether oxygens (including phenoxy) is 1. The molecule has 0 radical (unpaired) electrons. The van der Waals surface area contributed by atoms with Crippen molar-refractivity contribution in [3.05, 3.63) is 83.8 Å². The van der Waals surface area contributed by atoms with Crippen LogP contribution in [0.1, 0.15) is 63.0 Å². The lowest BCUT2D eigenvalue weighted by atomic mass is 9.83. The molecule has 50 heavy (non-hydrogen) atoms. The molecule has 0 fully saturated rings. The summed E-state index contributed by atoms with van der Waals surface area (Å²) in [4.78, 5) is 44.1. The number of aromatic nitrogens is 4. The smallest absolute Gasteiger partial charge is 0.249 e. The number of aromatic amines is 2. The van der Waals surface area contributed by atoms with E-state index in [1.165, 1.54) is 14.0 Å². The van der Waals surface area contributed by atoms with Crippen molar-refractivity contribution in [1.29, 1.82) is 0 Å². The van der Waals surface area contributed by atoms with Gasteiger partial charge in [-0.2, -0.15) is 4.98 Å². The first-order valence-electron chi connectivity index (χ1n) is 16.7. The van der Waals surface area contributed by atoms with Crippen LogP contribution >= 0.6 is 0 Å². The second-order valence-electron chi connectivity index (χ2n) is 13.8. The Hall–Kier alpha value is -4.85. The van der Waals surface area contributed by atoms with Crippen molar-refractivity contribution in [3.8, 4) is 0 Å². The van der Waals surface area contributed by atoms with Gasteiger partial charge in [-0.05, 0) is 48.9 Å². The topological polar surface area (TPSA) is 188 Å². The first kappa shape index (κ1) is 36.4. The van der Waals surface area contributed by atoms with Gasteiger partial charge < -0.3 is 39.6 Å². The summed E-state index contributed by atoms with van der Waals surface area (Å²) in [6.07, 6.45) is 0.974. The number of carbonyl (C=O) groups is 2. The average molecular weight is 687 g/mol. The number of oxime groups is 1. The molecule has 0 bridgehead atoms. The Balaban J connectivity index is 1.39. The molecule has 2 aromatic carbocycles. The summed E-state index contributed by atoms with van der Waals surface area (Å²) >= 11 is 0. The van der Waals surface area contributed by atoms with Crippen LogP contribution in [-0.2, 0) is 32.0 Å². The fourth-order valence-electron chi connectivity index (χ4n) is 6.22. The van der Waals surface area contributed by atoms with Gasteiger partial charge in [-0.1, -0.05) is 67.5 Å². The largest absolute Gasteiger partial charge is 0.390 e. The zero-order valence-electron chi connectivity index (χ0n) is 29.3. The number of nitrogens with one attached hydrogen (secondary N) is 3. The van der Waals surface area contributed by atoms with Crippen molar-refractivity contribution >= 4 is 39.2 Å². The van der Waals surface area contributed by atoms with Gasteiger partial charge in [0.25, 0.3) is 0 Å². The van der Waals surface area contributed by atoms with Crippen LogP contribution in [0.15, 0.2) is 70.6 Å². The number of methoxy groups -OCH3 is 1. The molecule has 3 aromatic heterocycles. The van der Waals surface area contributed by atoms with Gasteiger partial charge in [0, 0.05) is 60.1 Å². The Morgan fingerprint density at radius 2 is 1.58 bits per heavy atom. The highest BCUT2D eigenvalue weighted by Crippen LogP contribution is 2.28. The molecular weight excluding hydrogens is 640 g/mol. The van der Waals surface area contributed by atoms with Crippen molar-refractivity contribution in [2.24, 2.45) is 16.5 Å². The molecular formula is C37H46N6O7. The van der Waals surface area contributed by atoms with Crippen LogP contribution in [0.2, 0.25) is 0 Å². The van der Waals surface area contributed by atoms with Gasteiger partial charge in [-0.25, -0.2) is 0 Å². The molecule has 0 unspecified atom stereocenters. The standard InChI is InChI=1S/C37H46N6O7/c1-21(44)33(46)32(34(48-6)37(3,4)5)43-49-20-26(45)16-23(15-24-18-38-29-13-9-7-11-27(24)29)35(47)41-31(36-40-22(2)42-50-36)17-25-19-39-30-14-10-8-12-28(25)30/h7-14,18-19,21,23,31,33-34,38-39,44,46H,15-17,20H2,1-6H3,(H,41,47)/b43-32+/t21-,23-,31+,33+,34-/m1/s1. The Morgan fingerprint density at radius 1 is 0.980 bits per heavy atom. The van der Waals surface area contributed by atoms with Crippen LogP contribution in [0, 0.1) is 18.3 Å². The molecule has 0 saturated heterocycles. The zero-order chi connectivity index (χ0) is 36.0.